The van der Waals surface area contributed by atoms with Crippen molar-refractivity contribution in [2.24, 2.45) is 0 Å². The molecule has 1 amide bonds. The second-order valence-corrected chi connectivity index (χ2v) is 9.08. The molecule has 0 fully saturated rings. The molecule has 5 nitrogen and oxygen atoms in total. The summed E-state index contributed by atoms with van der Waals surface area (Å²) in [5.41, 5.74) is 1.87. The number of carbonyl (C=O) groups is 1. The maximum Gasteiger partial charge on any atom is 0.416 e. The summed E-state index contributed by atoms with van der Waals surface area (Å²) in [6.07, 6.45) is -4.48. The SMILES string of the molecule is Cc1ccc(C)c(NS(=O)(=O)c2cc(C(=O)Nc3ccc(C(F)(F)F)cc3)ccc2C)c1. The third-order valence-electron chi connectivity index (χ3n) is 4.85. The number of nitrogens with one attached hydrogen (secondary N) is 2. The fourth-order valence-electron chi connectivity index (χ4n) is 3.02. The van der Waals surface area contributed by atoms with Gasteiger partial charge in [-0.2, -0.15) is 13.2 Å². The zero-order valence-corrected chi connectivity index (χ0v) is 18.4. The monoisotopic (exact) mass is 462 g/mol. The lowest BCUT2D eigenvalue weighted by atomic mass is 10.1. The minimum absolute atomic E-state index is 0.0526. The molecular formula is C23H21F3N2O3S. The molecule has 32 heavy (non-hydrogen) atoms. The largest absolute Gasteiger partial charge is 0.416 e. The summed E-state index contributed by atoms with van der Waals surface area (Å²) in [5.74, 6) is -0.645. The van der Waals surface area contributed by atoms with E-state index in [4.69, 9.17) is 0 Å². The van der Waals surface area contributed by atoms with Crippen LogP contribution in [0.4, 0.5) is 24.5 Å². The summed E-state index contributed by atoms with van der Waals surface area (Å²) in [4.78, 5) is 12.5. The van der Waals surface area contributed by atoms with E-state index in [1.54, 1.807) is 26.0 Å². The van der Waals surface area contributed by atoms with E-state index in [2.05, 4.69) is 10.0 Å². The lowest BCUT2D eigenvalue weighted by Crippen LogP contribution is -2.17. The van der Waals surface area contributed by atoms with Gasteiger partial charge in [0.25, 0.3) is 15.9 Å². The molecule has 3 aromatic rings. The van der Waals surface area contributed by atoms with Crippen molar-refractivity contribution in [1.82, 2.24) is 0 Å². The van der Waals surface area contributed by atoms with Gasteiger partial charge in [-0.1, -0.05) is 18.2 Å². The van der Waals surface area contributed by atoms with E-state index in [1.165, 1.54) is 18.2 Å². The van der Waals surface area contributed by atoms with Gasteiger partial charge in [-0.3, -0.25) is 9.52 Å². The molecule has 2 N–H and O–H groups in total. The molecule has 0 unspecified atom stereocenters. The minimum atomic E-state index is -4.48. The molecule has 0 aliphatic rings. The lowest BCUT2D eigenvalue weighted by molar-refractivity contribution is -0.137. The molecule has 0 heterocycles. The molecule has 0 aliphatic carbocycles. The van der Waals surface area contributed by atoms with Crippen LogP contribution in [0.5, 0.6) is 0 Å². The predicted octanol–water partition coefficient (Wildman–Crippen LogP) is 5.68. The number of sulfonamides is 1. The van der Waals surface area contributed by atoms with Crippen molar-refractivity contribution in [3.8, 4) is 0 Å². The highest BCUT2D eigenvalue weighted by atomic mass is 32.2. The van der Waals surface area contributed by atoms with E-state index in [-0.39, 0.29) is 16.1 Å². The number of benzene rings is 3. The van der Waals surface area contributed by atoms with Crippen molar-refractivity contribution >= 4 is 27.3 Å². The van der Waals surface area contributed by atoms with Crippen LogP contribution < -0.4 is 10.0 Å². The average molecular weight is 462 g/mol. The van der Waals surface area contributed by atoms with Gasteiger partial charge in [0, 0.05) is 11.3 Å². The Morgan fingerprint density at radius 2 is 1.47 bits per heavy atom. The summed E-state index contributed by atoms with van der Waals surface area (Å²) >= 11 is 0. The average Bonchev–Trinajstić information content (AvgIpc) is 2.70. The van der Waals surface area contributed by atoms with Crippen LogP contribution in [0.25, 0.3) is 0 Å². The number of carbonyl (C=O) groups excluding carboxylic acids is 1. The standard InChI is InChI=1S/C23H21F3N2O3S/c1-14-4-5-15(2)20(12-14)28-32(30,31)21-13-17(7-6-16(21)3)22(29)27-19-10-8-18(9-11-19)23(24,25)26/h4-13,28H,1-3H3,(H,27,29). The summed E-state index contributed by atoms with van der Waals surface area (Å²) in [6.45, 7) is 5.22. The number of rotatable bonds is 5. The molecule has 3 rings (SSSR count). The van der Waals surface area contributed by atoms with Gasteiger partial charge in [0.15, 0.2) is 0 Å². The molecule has 9 heteroatoms. The molecule has 0 spiro atoms. The topological polar surface area (TPSA) is 75.3 Å². The summed E-state index contributed by atoms with van der Waals surface area (Å²) < 4.78 is 66.6. The third kappa shape index (κ3) is 5.28. The number of hydrogen-bond donors (Lipinski definition) is 2. The molecule has 0 saturated heterocycles. The van der Waals surface area contributed by atoms with Crippen molar-refractivity contribution in [2.45, 2.75) is 31.8 Å². The summed E-state index contributed by atoms with van der Waals surface area (Å²) in [7, 11) is -3.99. The quantitative estimate of drug-likeness (QED) is 0.512. The lowest BCUT2D eigenvalue weighted by Gasteiger charge is -2.14. The maximum absolute atomic E-state index is 13.0. The van der Waals surface area contributed by atoms with E-state index in [1.807, 2.05) is 13.0 Å². The Bertz CT molecular complexity index is 1270. The first-order chi connectivity index (χ1) is 14.9. The third-order valence-corrected chi connectivity index (χ3v) is 6.35. The molecule has 0 atom stereocenters. The highest BCUT2D eigenvalue weighted by Gasteiger charge is 2.30. The Morgan fingerprint density at radius 1 is 0.844 bits per heavy atom. The van der Waals surface area contributed by atoms with Crippen LogP contribution in [0.3, 0.4) is 0 Å². The Hall–Kier alpha value is -3.33. The molecule has 3 aromatic carbocycles. The first kappa shape index (κ1) is 23.3. The molecule has 0 aliphatic heterocycles. The van der Waals surface area contributed by atoms with Crippen molar-refractivity contribution in [1.29, 1.82) is 0 Å². The van der Waals surface area contributed by atoms with E-state index < -0.39 is 27.7 Å². The van der Waals surface area contributed by atoms with E-state index in [9.17, 15) is 26.4 Å². The number of aryl methyl sites for hydroxylation is 3. The zero-order chi connectivity index (χ0) is 23.7. The van der Waals surface area contributed by atoms with Gasteiger partial charge >= 0.3 is 6.18 Å². The first-order valence-corrected chi connectivity index (χ1v) is 11.0. The van der Waals surface area contributed by atoms with E-state index in [0.29, 0.717) is 11.3 Å². The highest BCUT2D eigenvalue weighted by molar-refractivity contribution is 7.92. The van der Waals surface area contributed by atoms with Crippen molar-refractivity contribution < 1.29 is 26.4 Å². The molecule has 168 valence electrons. The normalized spacial score (nSPS) is 11.8. The van der Waals surface area contributed by atoms with Crippen LogP contribution in [0.1, 0.15) is 32.6 Å². The molecular weight excluding hydrogens is 441 g/mol. The summed E-state index contributed by atoms with van der Waals surface area (Å²) in [5, 5.41) is 2.48. The molecule has 0 bridgehead atoms. The fraction of sp³-hybridized carbons (Fsp3) is 0.174. The molecule has 0 saturated carbocycles. The van der Waals surface area contributed by atoms with Crippen LogP contribution in [0, 0.1) is 20.8 Å². The number of anilines is 2. The van der Waals surface area contributed by atoms with Crippen LogP contribution in [0.2, 0.25) is 0 Å². The predicted molar refractivity (Wildman–Crippen MR) is 117 cm³/mol. The highest BCUT2D eigenvalue weighted by Crippen LogP contribution is 2.30. The number of alkyl halides is 3. The number of amides is 1. The van der Waals surface area contributed by atoms with Gasteiger partial charge in [-0.05, 0) is 79.9 Å². The molecule has 0 aromatic heterocycles. The minimum Gasteiger partial charge on any atom is -0.322 e. The van der Waals surface area contributed by atoms with Crippen molar-refractivity contribution in [2.75, 3.05) is 10.0 Å². The van der Waals surface area contributed by atoms with Crippen LogP contribution in [0.15, 0.2) is 65.6 Å². The van der Waals surface area contributed by atoms with Crippen molar-refractivity contribution in [3.05, 3.63) is 88.5 Å². The van der Waals surface area contributed by atoms with Gasteiger partial charge in [0.05, 0.1) is 16.1 Å². The molecule has 0 radical (unpaired) electrons. The van der Waals surface area contributed by atoms with Crippen LogP contribution >= 0.6 is 0 Å². The van der Waals surface area contributed by atoms with Gasteiger partial charge < -0.3 is 5.32 Å². The zero-order valence-electron chi connectivity index (χ0n) is 17.5. The number of hydrogen-bond acceptors (Lipinski definition) is 3. The van der Waals surface area contributed by atoms with E-state index >= 15 is 0 Å². The summed E-state index contributed by atoms with van der Waals surface area (Å²) in [6, 6.07) is 13.5. The van der Waals surface area contributed by atoms with Crippen LogP contribution in [-0.4, -0.2) is 14.3 Å². The van der Waals surface area contributed by atoms with Gasteiger partial charge in [-0.25, -0.2) is 8.42 Å². The Kier molecular flexibility index (Phi) is 6.32. The van der Waals surface area contributed by atoms with Crippen molar-refractivity contribution in [3.63, 3.8) is 0 Å². The Labute approximate surface area is 184 Å². The first-order valence-electron chi connectivity index (χ1n) is 9.56. The fourth-order valence-corrected chi connectivity index (χ4v) is 4.42. The Morgan fingerprint density at radius 3 is 2.09 bits per heavy atom. The second-order valence-electron chi connectivity index (χ2n) is 7.43. The smallest absolute Gasteiger partial charge is 0.322 e. The maximum atomic E-state index is 13.0. The van der Waals surface area contributed by atoms with Gasteiger partial charge in [-0.15, -0.1) is 0 Å². The van der Waals surface area contributed by atoms with Crippen LogP contribution in [-0.2, 0) is 16.2 Å². The number of halogens is 3. The van der Waals surface area contributed by atoms with Gasteiger partial charge in [0.2, 0.25) is 0 Å². The Balaban J connectivity index is 1.86. The second kappa shape index (κ2) is 8.66. The van der Waals surface area contributed by atoms with Gasteiger partial charge in [0.1, 0.15) is 0 Å². The van der Waals surface area contributed by atoms with E-state index in [0.717, 1.165) is 35.4 Å².